The van der Waals surface area contributed by atoms with E-state index in [1.807, 2.05) is 0 Å². The van der Waals surface area contributed by atoms with E-state index in [9.17, 15) is 0 Å². The predicted molar refractivity (Wildman–Crippen MR) is 108 cm³/mol. The van der Waals surface area contributed by atoms with Crippen LogP contribution in [0.15, 0.2) is 54.6 Å². The molecule has 0 N–H and O–H groups in total. The Labute approximate surface area is 158 Å². The van der Waals surface area contributed by atoms with Gasteiger partial charge in [0.25, 0.3) is 0 Å². The number of benzene rings is 2. The number of hydrogen-bond acceptors (Lipinski definition) is 1. The molecule has 1 saturated heterocycles. The number of hydrogen-bond donors (Lipinski definition) is 0. The van der Waals surface area contributed by atoms with Gasteiger partial charge in [-0.05, 0) is 60.6 Å². The van der Waals surface area contributed by atoms with E-state index in [2.05, 4.69) is 59.5 Å². The van der Waals surface area contributed by atoms with Crippen LogP contribution in [0.4, 0.5) is 0 Å². The number of likely N-dealkylation sites (tertiary alicyclic amines) is 1. The highest BCUT2D eigenvalue weighted by atomic mass is 15.2. The first-order valence-corrected chi connectivity index (χ1v) is 10.7. The van der Waals surface area contributed by atoms with Crippen molar-refractivity contribution in [1.82, 2.24) is 4.90 Å². The summed E-state index contributed by atoms with van der Waals surface area (Å²) in [5.74, 6) is 1.78. The molecule has 1 aliphatic heterocycles. The highest BCUT2D eigenvalue weighted by Gasteiger charge is 2.52. The average Bonchev–Trinajstić information content (AvgIpc) is 3.20. The van der Waals surface area contributed by atoms with Crippen LogP contribution in [0.3, 0.4) is 0 Å². The third-order valence-corrected chi connectivity index (χ3v) is 7.57. The summed E-state index contributed by atoms with van der Waals surface area (Å²) >= 11 is 0. The maximum Gasteiger partial charge on any atom is 0.0233 e. The lowest BCUT2D eigenvalue weighted by Crippen LogP contribution is -2.59. The second-order valence-electron chi connectivity index (χ2n) is 8.91. The molecule has 1 nitrogen and oxygen atoms in total. The zero-order valence-corrected chi connectivity index (χ0v) is 15.9. The van der Waals surface area contributed by atoms with E-state index in [-0.39, 0.29) is 0 Å². The quantitative estimate of drug-likeness (QED) is 0.699. The fourth-order valence-electron chi connectivity index (χ4n) is 6.39. The standard InChI is InChI=1S/C25H31N/c1-2-9-20(10-3-1)17-26-18-23(19-26)25(22-13-5-6-14-22)16-8-12-21-11-4-7-15-24(21)25/h1-4,7,9-11,15,22-23H,5-6,8,12-14,16-19H2. The molecule has 2 fully saturated rings. The van der Waals surface area contributed by atoms with Gasteiger partial charge in [-0.1, -0.05) is 67.4 Å². The highest BCUT2D eigenvalue weighted by molar-refractivity contribution is 5.39. The van der Waals surface area contributed by atoms with Gasteiger partial charge >= 0.3 is 0 Å². The molecule has 0 amide bonds. The van der Waals surface area contributed by atoms with Crippen molar-refractivity contribution in [3.63, 3.8) is 0 Å². The van der Waals surface area contributed by atoms with E-state index in [1.54, 1.807) is 11.1 Å². The Balaban J connectivity index is 1.41. The molecular formula is C25H31N. The molecule has 1 heteroatoms. The molecule has 0 bridgehead atoms. The topological polar surface area (TPSA) is 3.24 Å². The average molecular weight is 346 g/mol. The molecule has 3 aliphatic rings. The molecule has 2 aliphatic carbocycles. The van der Waals surface area contributed by atoms with Gasteiger partial charge in [0.2, 0.25) is 0 Å². The molecule has 0 aromatic heterocycles. The van der Waals surface area contributed by atoms with Gasteiger partial charge in [-0.25, -0.2) is 0 Å². The van der Waals surface area contributed by atoms with Crippen LogP contribution >= 0.6 is 0 Å². The Morgan fingerprint density at radius 1 is 0.808 bits per heavy atom. The first-order chi connectivity index (χ1) is 12.9. The van der Waals surface area contributed by atoms with E-state index < -0.39 is 0 Å². The van der Waals surface area contributed by atoms with E-state index in [0.29, 0.717) is 5.41 Å². The Kier molecular flexibility index (Phi) is 4.36. The van der Waals surface area contributed by atoms with E-state index in [0.717, 1.165) is 18.4 Å². The molecule has 5 rings (SSSR count). The van der Waals surface area contributed by atoms with Crippen LogP contribution in [0.2, 0.25) is 0 Å². The minimum Gasteiger partial charge on any atom is -0.298 e. The van der Waals surface area contributed by atoms with Crippen molar-refractivity contribution in [2.75, 3.05) is 13.1 Å². The van der Waals surface area contributed by atoms with Crippen LogP contribution in [0.1, 0.15) is 55.2 Å². The Morgan fingerprint density at radius 2 is 1.54 bits per heavy atom. The predicted octanol–water partition coefficient (Wildman–Crippen LogP) is 5.58. The van der Waals surface area contributed by atoms with E-state index in [4.69, 9.17) is 0 Å². The maximum absolute atomic E-state index is 2.67. The molecule has 1 unspecified atom stereocenters. The van der Waals surface area contributed by atoms with Crippen molar-refractivity contribution >= 4 is 0 Å². The van der Waals surface area contributed by atoms with Gasteiger partial charge in [-0.3, -0.25) is 4.90 Å². The Morgan fingerprint density at radius 3 is 2.35 bits per heavy atom. The molecule has 1 heterocycles. The van der Waals surface area contributed by atoms with Gasteiger partial charge in [0, 0.05) is 25.0 Å². The smallest absolute Gasteiger partial charge is 0.0233 e. The van der Waals surface area contributed by atoms with Gasteiger partial charge in [0.1, 0.15) is 0 Å². The molecular weight excluding hydrogens is 314 g/mol. The van der Waals surface area contributed by atoms with Gasteiger partial charge in [0.05, 0.1) is 0 Å². The molecule has 26 heavy (non-hydrogen) atoms. The summed E-state index contributed by atoms with van der Waals surface area (Å²) in [6.07, 6.45) is 9.95. The van der Waals surface area contributed by atoms with Crippen LogP contribution < -0.4 is 0 Å². The molecule has 136 valence electrons. The fourth-order valence-corrected chi connectivity index (χ4v) is 6.39. The van der Waals surface area contributed by atoms with Gasteiger partial charge in [0.15, 0.2) is 0 Å². The number of rotatable bonds is 4. The first-order valence-electron chi connectivity index (χ1n) is 10.7. The normalized spacial score (nSPS) is 27.2. The van der Waals surface area contributed by atoms with Crippen LogP contribution in [-0.4, -0.2) is 18.0 Å². The van der Waals surface area contributed by atoms with Gasteiger partial charge in [-0.2, -0.15) is 0 Å². The lowest BCUT2D eigenvalue weighted by Gasteiger charge is -2.56. The molecule has 0 spiro atoms. The van der Waals surface area contributed by atoms with Gasteiger partial charge in [-0.15, -0.1) is 0 Å². The third kappa shape index (κ3) is 2.72. The van der Waals surface area contributed by atoms with Crippen molar-refractivity contribution in [2.24, 2.45) is 11.8 Å². The Hall–Kier alpha value is -1.60. The van der Waals surface area contributed by atoms with Crippen molar-refractivity contribution in [2.45, 2.75) is 56.9 Å². The molecule has 0 radical (unpaired) electrons. The summed E-state index contributed by atoms with van der Waals surface area (Å²) in [6, 6.07) is 20.5. The second-order valence-corrected chi connectivity index (χ2v) is 8.91. The third-order valence-electron chi connectivity index (χ3n) is 7.57. The SMILES string of the molecule is c1ccc(CN2CC(C3(C4CCCC4)CCCc4ccccc43)C2)cc1. The lowest BCUT2D eigenvalue weighted by atomic mass is 9.54. The summed E-state index contributed by atoms with van der Waals surface area (Å²) < 4.78 is 0. The second kappa shape index (κ2) is 6.85. The monoisotopic (exact) mass is 345 g/mol. The minimum atomic E-state index is 0.471. The van der Waals surface area contributed by atoms with Crippen LogP contribution in [-0.2, 0) is 18.4 Å². The summed E-state index contributed by atoms with van der Waals surface area (Å²) in [5, 5.41) is 0. The van der Waals surface area contributed by atoms with Crippen molar-refractivity contribution in [3.8, 4) is 0 Å². The number of fused-ring (bicyclic) bond motifs is 1. The minimum absolute atomic E-state index is 0.471. The number of aryl methyl sites for hydroxylation is 1. The maximum atomic E-state index is 2.67. The highest BCUT2D eigenvalue weighted by Crippen LogP contribution is 2.55. The summed E-state index contributed by atoms with van der Waals surface area (Å²) in [4.78, 5) is 2.67. The van der Waals surface area contributed by atoms with Crippen LogP contribution in [0.25, 0.3) is 0 Å². The zero-order chi connectivity index (χ0) is 17.4. The zero-order valence-electron chi connectivity index (χ0n) is 15.9. The van der Waals surface area contributed by atoms with E-state index >= 15 is 0 Å². The molecule has 2 aromatic rings. The fraction of sp³-hybridized carbons (Fsp3) is 0.520. The van der Waals surface area contributed by atoms with E-state index in [1.165, 1.54) is 63.6 Å². The molecule has 2 aromatic carbocycles. The molecule has 1 atom stereocenters. The summed E-state index contributed by atoms with van der Waals surface area (Å²) in [5.41, 5.74) is 5.33. The van der Waals surface area contributed by atoms with Crippen molar-refractivity contribution in [3.05, 3.63) is 71.3 Å². The van der Waals surface area contributed by atoms with Crippen LogP contribution in [0, 0.1) is 11.8 Å². The summed E-state index contributed by atoms with van der Waals surface area (Å²) in [6.45, 7) is 3.71. The lowest BCUT2D eigenvalue weighted by molar-refractivity contribution is -0.00409. The Bertz CT molecular complexity index is 740. The van der Waals surface area contributed by atoms with Crippen molar-refractivity contribution < 1.29 is 0 Å². The molecule has 1 saturated carbocycles. The first kappa shape index (κ1) is 16.6. The van der Waals surface area contributed by atoms with Gasteiger partial charge < -0.3 is 0 Å². The van der Waals surface area contributed by atoms with Crippen LogP contribution in [0.5, 0.6) is 0 Å². The summed E-state index contributed by atoms with van der Waals surface area (Å²) in [7, 11) is 0. The van der Waals surface area contributed by atoms with Crippen molar-refractivity contribution in [1.29, 1.82) is 0 Å². The largest absolute Gasteiger partial charge is 0.298 e. The number of nitrogens with zero attached hydrogens (tertiary/aromatic N) is 1.